The lowest BCUT2D eigenvalue weighted by Crippen LogP contribution is -2.38. The molecule has 2 aromatic carbocycles. The smallest absolute Gasteiger partial charge is 0.234 e. The minimum absolute atomic E-state index is 0.00876. The molecule has 2 rings (SSSR count). The number of halogens is 2. The maximum Gasteiger partial charge on any atom is 0.234 e. The summed E-state index contributed by atoms with van der Waals surface area (Å²) in [6.07, 6.45) is 0. The van der Waals surface area contributed by atoms with Gasteiger partial charge in [0.15, 0.2) is 0 Å². The second-order valence-corrected chi connectivity index (χ2v) is 7.42. The van der Waals surface area contributed by atoms with Crippen LogP contribution in [-0.4, -0.2) is 23.2 Å². The molecule has 0 aliphatic rings. The molecule has 1 amide bonds. The minimum Gasteiger partial charge on any atom is -0.384 e. The molecule has 0 aliphatic heterocycles. The minimum atomic E-state index is -0.771. The zero-order chi connectivity index (χ0) is 21.6. The van der Waals surface area contributed by atoms with Crippen molar-refractivity contribution in [3.8, 4) is 0 Å². The highest BCUT2D eigenvalue weighted by Gasteiger charge is 2.23. The molecule has 0 radical (unpaired) electrons. The van der Waals surface area contributed by atoms with Gasteiger partial charge in [-0.1, -0.05) is 53.5 Å². The molecule has 6 nitrogen and oxygen atoms in total. The Bertz CT molecular complexity index is 934. The Labute approximate surface area is 180 Å². The van der Waals surface area contributed by atoms with Crippen LogP contribution in [0.3, 0.4) is 0 Å². The molecule has 8 heteroatoms. The van der Waals surface area contributed by atoms with Gasteiger partial charge in [-0.05, 0) is 31.5 Å². The van der Waals surface area contributed by atoms with Crippen molar-refractivity contribution < 1.29 is 4.79 Å². The second kappa shape index (κ2) is 10.2. The number of nitrogens with zero attached hydrogens (tertiary/aromatic N) is 1. The number of rotatable bonds is 8. The second-order valence-electron chi connectivity index (χ2n) is 6.60. The van der Waals surface area contributed by atoms with E-state index in [9.17, 15) is 4.79 Å². The van der Waals surface area contributed by atoms with Crippen molar-refractivity contribution in [2.24, 2.45) is 16.6 Å². The highest BCUT2D eigenvalue weighted by atomic mass is 35.5. The van der Waals surface area contributed by atoms with Crippen molar-refractivity contribution in [3.63, 3.8) is 0 Å². The van der Waals surface area contributed by atoms with Gasteiger partial charge in [0.25, 0.3) is 0 Å². The number of benzene rings is 2. The standard InChI is InChI=1S/C21H23Cl2N5O/c1-12(24)19(13(2)27-11-16-17(22)4-3-5-18(16)23)21(29)28-10-14-6-8-15(9-7-14)20(25)26/h3-9,19,24H,10-11H2,1-2H3,(H3,25,26)(H,28,29). The van der Waals surface area contributed by atoms with Crippen LogP contribution in [0.15, 0.2) is 47.5 Å². The van der Waals surface area contributed by atoms with Gasteiger partial charge in [0.1, 0.15) is 11.8 Å². The molecule has 0 saturated heterocycles. The number of carbonyl (C=O) groups is 1. The fourth-order valence-corrected chi connectivity index (χ4v) is 3.29. The quantitative estimate of drug-likeness (QED) is 0.370. The lowest BCUT2D eigenvalue weighted by Gasteiger charge is -2.16. The van der Waals surface area contributed by atoms with Crippen LogP contribution in [0, 0.1) is 16.7 Å². The Kier molecular flexibility index (Phi) is 7.93. The van der Waals surface area contributed by atoms with Crippen LogP contribution in [0.5, 0.6) is 0 Å². The lowest BCUT2D eigenvalue weighted by molar-refractivity contribution is -0.121. The Morgan fingerprint density at radius 1 is 1.10 bits per heavy atom. The molecule has 0 heterocycles. The zero-order valence-electron chi connectivity index (χ0n) is 16.2. The maximum absolute atomic E-state index is 12.7. The number of hydrogen-bond acceptors (Lipinski definition) is 4. The molecule has 5 N–H and O–H groups in total. The first kappa shape index (κ1) is 22.6. The molecule has 0 bridgehead atoms. The fraction of sp³-hybridized carbons (Fsp3) is 0.238. The number of aliphatic imine (C=N–C) groups is 1. The normalized spacial score (nSPS) is 12.3. The molecule has 0 fully saturated rings. The number of nitrogens with two attached hydrogens (primary N) is 1. The maximum atomic E-state index is 12.7. The van der Waals surface area contributed by atoms with E-state index in [-0.39, 0.29) is 24.0 Å². The van der Waals surface area contributed by atoms with Gasteiger partial charge in [0, 0.05) is 39.1 Å². The third-order valence-electron chi connectivity index (χ3n) is 4.39. The van der Waals surface area contributed by atoms with Crippen LogP contribution in [0.4, 0.5) is 0 Å². The molecule has 1 unspecified atom stereocenters. The summed E-state index contributed by atoms with van der Waals surface area (Å²) in [5.74, 6) is -1.09. The average molecular weight is 432 g/mol. The molecule has 29 heavy (non-hydrogen) atoms. The molecule has 2 aromatic rings. The summed E-state index contributed by atoms with van der Waals surface area (Å²) in [6.45, 7) is 3.82. The van der Waals surface area contributed by atoms with Gasteiger partial charge in [-0.3, -0.25) is 15.2 Å². The van der Waals surface area contributed by atoms with E-state index >= 15 is 0 Å². The third kappa shape index (κ3) is 6.14. The molecule has 0 aromatic heterocycles. The molecule has 1 atom stereocenters. The van der Waals surface area contributed by atoms with Crippen LogP contribution >= 0.6 is 23.2 Å². The first-order chi connectivity index (χ1) is 13.7. The number of nitrogens with one attached hydrogen (secondary N) is 3. The van der Waals surface area contributed by atoms with E-state index in [0.717, 1.165) is 5.56 Å². The van der Waals surface area contributed by atoms with Crippen molar-refractivity contribution in [3.05, 3.63) is 69.2 Å². The first-order valence-corrected chi connectivity index (χ1v) is 9.66. The van der Waals surface area contributed by atoms with Crippen LogP contribution in [-0.2, 0) is 17.9 Å². The number of nitrogen functional groups attached to an aromatic ring is 1. The molecule has 0 aliphatic carbocycles. The van der Waals surface area contributed by atoms with Crippen LogP contribution < -0.4 is 11.1 Å². The molecular formula is C21H23Cl2N5O. The van der Waals surface area contributed by atoms with E-state index in [0.29, 0.717) is 33.4 Å². The Balaban J connectivity index is 2.08. The van der Waals surface area contributed by atoms with E-state index in [1.54, 1.807) is 56.3 Å². The Hall–Kier alpha value is -2.70. The SMILES string of the molecule is CC(=N)C(C(=O)NCc1ccc(C(=N)N)cc1)C(C)=NCc1c(Cl)cccc1Cl. The van der Waals surface area contributed by atoms with E-state index in [1.165, 1.54) is 0 Å². The lowest BCUT2D eigenvalue weighted by atomic mass is 9.98. The zero-order valence-corrected chi connectivity index (χ0v) is 17.7. The average Bonchev–Trinajstić information content (AvgIpc) is 2.66. The summed E-state index contributed by atoms with van der Waals surface area (Å²) in [5, 5.41) is 19.3. The van der Waals surface area contributed by atoms with Crippen molar-refractivity contribution in [1.29, 1.82) is 10.8 Å². The van der Waals surface area contributed by atoms with Crippen molar-refractivity contribution in [2.75, 3.05) is 0 Å². The van der Waals surface area contributed by atoms with Crippen molar-refractivity contribution in [2.45, 2.75) is 26.9 Å². The van der Waals surface area contributed by atoms with E-state index in [2.05, 4.69) is 10.3 Å². The highest BCUT2D eigenvalue weighted by Crippen LogP contribution is 2.25. The van der Waals surface area contributed by atoms with E-state index < -0.39 is 5.92 Å². The number of amidine groups is 1. The fourth-order valence-electron chi connectivity index (χ4n) is 2.77. The molecule has 0 spiro atoms. The van der Waals surface area contributed by atoms with Gasteiger partial charge in [-0.25, -0.2) is 0 Å². The number of carbonyl (C=O) groups excluding carboxylic acids is 1. The first-order valence-electron chi connectivity index (χ1n) is 8.90. The van der Waals surface area contributed by atoms with Crippen molar-refractivity contribution in [1.82, 2.24) is 5.32 Å². The summed E-state index contributed by atoms with van der Waals surface area (Å²) >= 11 is 12.3. The summed E-state index contributed by atoms with van der Waals surface area (Å²) < 4.78 is 0. The van der Waals surface area contributed by atoms with Gasteiger partial charge in [-0.2, -0.15) is 0 Å². The number of hydrogen-bond donors (Lipinski definition) is 4. The van der Waals surface area contributed by atoms with E-state index in [1.807, 2.05) is 0 Å². The van der Waals surface area contributed by atoms with Gasteiger partial charge in [0.05, 0.1) is 6.54 Å². The topological polar surface area (TPSA) is 115 Å². The van der Waals surface area contributed by atoms with Crippen LogP contribution in [0.2, 0.25) is 10.0 Å². The number of amides is 1. The molecule has 152 valence electrons. The van der Waals surface area contributed by atoms with Gasteiger partial charge in [0.2, 0.25) is 5.91 Å². The van der Waals surface area contributed by atoms with Gasteiger partial charge < -0.3 is 16.5 Å². The molecule has 0 saturated carbocycles. The third-order valence-corrected chi connectivity index (χ3v) is 5.10. The monoisotopic (exact) mass is 431 g/mol. The molecular weight excluding hydrogens is 409 g/mol. The summed E-state index contributed by atoms with van der Waals surface area (Å²) in [6, 6.07) is 12.3. The van der Waals surface area contributed by atoms with Crippen molar-refractivity contribution >= 4 is 46.4 Å². The highest BCUT2D eigenvalue weighted by molar-refractivity contribution is 6.36. The van der Waals surface area contributed by atoms with Crippen LogP contribution in [0.1, 0.15) is 30.5 Å². The van der Waals surface area contributed by atoms with E-state index in [4.69, 9.17) is 39.8 Å². The van der Waals surface area contributed by atoms with Gasteiger partial charge in [-0.15, -0.1) is 0 Å². The Morgan fingerprint density at radius 2 is 1.69 bits per heavy atom. The largest absolute Gasteiger partial charge is 0.384 e. The summed E-state index contributed by atoms with van der Waals surface area (Å²) in [5.41, 5.74) is 8.31. The Morgan fingerprint density at radius 3 is 2.21 bits per heavy atom. The van der Waals surface area contributed by atoms with Crippen LogP contribution in [0.25, 0.3) is 0 Å². The summed E-state index contributed by atoms with van der Waals surface area (Å²) in [4.78, 5) is 17.1. The predicted octanol–water partition coefficient (Wildman–Crippen LogP) is 4.21. The predicted molar refractivity (Wildman–Crippen MR) is 119 cm³/mol. The van der Waals surface area contributed by atoms with Gasteiger partial charge >= 0.3 is 0 Å². The summed E-state index contributed by atoms with van der Waals surface area (Å²) in [7, 11) is 0.